The highest BCUT2D eigenvalue weighted by Crippen LogP contribution is 2.23. The highest BCUT2D eigenvalue weighted by Gasteiger charge is 2.16. The molecule has 1 N–H and O–H groups in total. The largest absolute Gasteiger partial charge is 0.307 e. The van der Waals surface area contributed by atoms with Crippen LogP contribution in [-0.4, -0.2) is 6.04 Å². The lowest BCUT2D eigenvalue weighted by Gasteiger charge is -2.27. The first-order valence-corrected chi connectivity index (χ1v) is 7.98. The molecule has 0 saturated heterocycles. The fourth-order valence-corrected chi connectivity index (χ4v) is 2.60. The van der Waals surface area contributed by atoms with Crippen LogP contribution in [0.5, 0.6) is 0 Å². The molecule has 0 spiro atoms. The molecule has 0 aromatic heterocycles. The average molecular weight is 261 g/mol. The van der Waals surface area contributed by atoms with Gasteiger partial charge in [0.1, 0.15) is 0 Å². The monoisotopic (exact) mass is 261 g/mol. The third-order valence-electron chi connectivity index (χ3n) is 3.74. The number of unbranched alkanes of at least 4 members (excludes halogenated alkanes) is 1. The molecule has 0 radical (unpaired) electrons. The van der Waals surface area contributed by atoms with Gasteiger partial charge < -0.3 is 5.32 Å². The summed E-state index contributed by atoms with van der Waals surface area (Å²) in [5.74, 6) is 0.724. The summed E-state index contributed by atoms with van der Waals surface area (Å²) in [7, 11) is 0. The zero-order chi connectivity index (χ0) is 14.1. The van der Waals surface area contributed by atoms with Gasteiger partial charge in [-0.1, -0.05) is 70.9 Å². The van der Waals surface area contributed by atoms with Crippen molar-refractivity contribution in [2.45, 2.75) is 71.9 Å². The standard InChI is InChI=1S/C18H31N/c1-5-7-13-17(6-2)19-18(14-15(3)4)16-11-9-8-10-12-16/h8-12,15,17-19H,5-7,13-14H2,1-4H3. The summed E-state index contributed by atoms with van der Waals surface area (Å²) in [5, 5.41) is 3.89. The van der Waals surface area contributed by atoms with Gasteiger partial charge in [-0.2, -0.15) is 0 Å². The van der Waals surface area contributed by atoms with Crippen LogP contribution in [0.25, 0.3) is 0 Å². The minimum absolute atomic E-state index is 0.503. The lowest BCUT2D eigenvalue weighted by molar-refractivity contribution is 0.353. The molecule has 0 fully saturated rings. The third-order valence-corrected chi connectivity index (χ3v) is 3.74. The minimum atomic E-state index is 0.503. The Morgan fingerprint density at radius 1 is 1.05 bits per heavy atom. The third kappa shape index (κ3) is 6.24. The Hall–Kier alpha value is -0.820. The van der Waals surface area contributed by atoms with Crippen molar-refractivity contribution in [2.24, 2.45) is 5.92 Å². The predicted molar refractivity (Wildman–Crippen MR) is 85.4 cm³/mol. The number of nitrogens with one attached hydrogen (secondary N) is 1. The second-order valence-corrected chi connectivity index (χ2v) is 6.01. The zero-order valence-corrected chi connectivity index (χ0v) is 13.2. The SMILES string of the molecule is CCCCC(CC)NC(CC(C)C)c1ccccc1. The molecule has 1 aromatic rings. The van der Waals surface area contributed by atoms with Gasteiger partial charge in [0.05, 0.1) is 0 Å². The normalized spacial score (nSPS) is 14.6. The molecule has 19 heavy (non-hydrogen) atoms. The van der Waals surface area contributed by atoms with Crippen LogP contribution in [0.2, 0.25) is 0 Å². The van der Waals surface area contributed by atoms with Crippen LogP contribution in [0.4, 0.5) is 0 Å². The van der Waals surface area contributed by atoms with E-state index in [0.717, 1.165) is 5.92 Å². The Morgan fingerprint density at radius 3 is 2.26 bits per heavy atom. The maximum atomic E-state index is 3.89. The zero-order valence-electron chi connectivity index (χ0n) is 13.2. The first-order valence-electron chi connectivity index (χ1n) is 7.98. The summed E-state index contributed by atoms with van der Waals surface area (Å²) >= 11 is 0. The second-order valence-electron chi connectivity index (χ2n) is 6.01. The van der Waals surface area contributed by atoms with Crippen LogP contribution < -0.4 is 5.32 Å². The van der Waals surface area contributed by atoms with Crippen LogP contribution in [0.3, 0.4) is 0 Å². The van der Waals surface area contributed by atoms with Crippen molar-refractivity contribution in [3.8, 4) is 0 Å². The van der Waals surface area contributed by atoms with E-state index in [2.05, 4.69) is 63.3 Å². The first kappa shape index (κ1) is 16.2. The molecule has 1 heteroatoms. The van der Waals surface area contributed by atoms with Gasteiger partial charge in [0.2, 0.25) is 0 Å². The van der Waals surface area contributed by atoms with Gasteiger partial charge in [-0.3, -0.25) is 0 Å². The summed E-state index contributed by atoms with van der Waals surface area (Å²) in [6, 6.07) is 12.1. The average Bonchev–Trinajstić information content (AvgIpc) is 2.42. The quantitative estimate of drug-likeness (QED) is 0.633. The summed E-state index contributed by atoms with van der Waals surface area (Å²) < 4.78 is 0. The molecule has 2 unspecified atom stereocenters. The number of hydrogen-bond acceptors (Lipinski definition) is 1. The highest BCUT2D eigenvalue weighted by atomic mass is 14.9. The molecule has 0 aliphatic heterocycles. The van der Waals surface area contributed by atoms with E-state index in [1.54, 1.807) is 0 Å². The van der Waals surface area contributed by atoms with Crippen molar-refractivity contribution in [3.63, 3.8) is 0 Å². The lowest BCUT2D eigenvalue weighted by atomic mass is 9.95. The van der Waals surface area contributed by atoms with Crippen LogP contribution in [0.15, 0.2) is 30.3 Å². The van der Waals surface area contributed by atoms with Crippen LogP contribution in [0.1, 0.15) is 71.4 Å². The summed E-state index contributed by atoms with van der Waals surface area (Å²) in [4.78, 5) is 0. The predicted octanol–water partition coefficient (Wildman–Crippen LogP) is 5.33. The Bertz CT molecular complexity index is 318. The van der Waals surface area contributed by atoms with Crippen LogP contribution >= 0.6 is 0 Å². The first-order chi connectivity index (χ1) is 9.17. The molecule has 1 rings (SSSR count). The molecule has 0 amide bonds. The van der Waals surface area contributed by atoms with Crippen molar-refractivity contribution in [3.05, 3.63) is 35.9 Å². The summed E-state index contributed by atoms with van der Waals surface area (Å²) in [6.45, 7) is 9.19. The topological polar surface area (TPSA) is 12.0 Å². The van der Waals surface area contributed by atoms with Crippen molar-refractivity contribution in [1.82, 2.24) is 5.32 Å². The van der Waals surface area contributed by atoms with Crippen molar-refractivity contribution >= 4 is 0 Å². The number of hydrogen-bond donors (Lipinski definition) is 1. The maximum absolute atomic E-state index is 3.89. The van der Waals surface area contributed by atoms with Crippen molar-refractivity contribution < 1.29 is 0 Å². The Morgan fingerprint density at radius 2 is 1.74 bits per heavy atom. The van der Waals surface area contributed by atoms with Gasteiger partial charge in [-0.05, 0) is 30.7 Å². The maximum Gasteiger partial charge on any atom is 0.0325 e. The van der Waals surface area contributed by atoms with Crippen molar-refractivity contribution in [2.75, 3.05) is 0 Å². The van der Waals surface area contributed by atoms with Gasteiger partial charge in [-0.25, -0.2) is 0 Å². The molecular formula is C18H31N. The smallest absolute Gasteiger partial charge is 0.0325 e. The van der Waals surface area contributed by atoms with E-state index in [9.17, 15) is 0 Å². The van der Waals surface area contributed by atoms with E-state index in [4.69, 9.17) is 0 Å². The highest BCUT2D eigenvalue weighted by molar-refractivity contribution is 5.19. The van der Waals surface area contributed by atoms with Gasteiger partial charge >= 0.3 is 0 Å². The van der Waals surface area contributed by atoms with E-state index >= 15 is 0 Å². The fraction of sp³-hybridized carbons (Fsp3) is 0.667. The number of benzene rings is 1. The lowest BCUT2D eigenvalue weighted by Crippen LogP contribution is -2.33. The molecule has 0 aliphatic rings. The molecule has 0 heterocycles. The minimum Gasteiger partial charge on any atom is -0.307 e. The van der Waals surface area contributed by atoms with E-state index in [1.165, 1.54) is 37.7 Å². The summed E-state index contributed by atoms with van der Waals surface area (Å²) in [5.41, 5.74) is 1.44. The van der Waals surface area contributed by atoms with E-state index < -0.39 is 0 Å². The van der Waals surface area contributed by atoms with Gasteiger partial charge in [0, 0.05) is 12.1 Å². The van der Waals surface area contributed by atoms with Crippen molar-refractivity contribution in [1.29, 1.82) is 0 Å². The molecule has 0 bridgehead atoms. The van der Waals surface area contributed by atoms with E-state index in [1.807, 2.05) is 0 Å². The molecule has 2 atom stereocenters. The van der Waals surface area contributed by atoms with Gasteiger partial charge in [0.15, 0.2) is 0 Å². The summed E-state index contributed by atoms with van der Waals surface area (Å²) in [6.07, 6.45) is 6.36. The molecule has 1 nitrogen and oxygen atoms in total. The van der Waals surface area contributed by atoms with Crippen LogP contribution in [-0.2, 0) is 0 Å². The van der Waals surface area contributed by atoms with E-state index in [0.29, 0.717) is 12.1 Å². The van der Waals surface area contributed by atoms with Gasteiger partial charge in [0.25, 0.3) is 0 Å². The number of rotatable bonds is 9. The molecular weight excluding hydrogens is 230 g/mol. The fourth-order valence-electron chi connectivity index (χ4n) is 2.60. The van der Waals surface area contributed by atoms with E-state index in [-0.39, 0.29) is 0 Å². The van der Waals surface area contributed by atoms with Crippen LogP contribution in [0, 0.1) is 5.92 Å². The molecule has 1 aromatic carbocycles. The second kappa shape index (κ2) is 9.14. The Balaban J connectivity index is 2.68. The van der Waals surface area contributed by atoms with Gasteiger partial charge in [-0.15, -0.1) is 0 Å². The molecule has 0 aliphatic carbocycles. The Kier molecular flexibility index (Phi) is 7.81. The molecule has 108 valence electrons. The Labute approximate surface area is 119 Å². The molecule has 0 saturated carbocycles.